The Bertz CT molecular complexity index is 363. The maximum absolute atomic E-state index is 5.86. The van der Waals surface area contributed by atoms with Crippen LogP contribution >= 0.6 is 0 Å². The van der Waals surface area contributed by atoms with E-state index in [9.17, 15) is 0 Å². The van der Waals surface area contributed by atoms with Crippen molar-refractivity contribution >= 4 is 11.5 Å². The summed E-state index contributed by atoms with van der Waals surface area (Å²) in [6.45, 7) is 2.48. The first-order valence-corrected chi connectivity index (χ1v) is 5.24. The van der Waals surface area contributed by atoms with Crippen molar-refractivity contribution in [2.75, 3.05) is 24.7 Å². The lowest BCUT2D eigenvalue weighted by Gasteiger charge is -2.11. The van der Waals surface area contributed by atoms with Gasteiger partial charge in [-0.15, -0.1) is 0 Å². The third kappa shape index (κ3) is 1.95. The molecule has 0 bridgehead atoms. The fourth-order valence-electron chi connectivity index (χ4n) is 1.43. The van der Waals surface area contributed by atoms with E-state index < -0.39 is 0 Å². The van der Waals surface area contributed by atoms with E-state index >= 15 is 0 Å². The molecular weight excluding hydrogens is 192 g/mol. The van der Waals surface area contributed by atoms with Gasteiger partial charge in [0.2, 0.25) is 5.88 Å². The van der Waals surface area contributed by atoms with Gasteiger partial charge in [0.1, 0.15) is 11.5 Å². The molecule has 1 saturated carbocycles. The van der Waals surface area contributed by atoms with Crippen molar-refractivity contribution in [3.8, 4) is 5.88 Å². The molecule has 0 atom stereocenters. The van der Waals surface area contributed by atoms with Crippen LogP contribution in [-0.2, 0) is 0 Å². The Hall–Kier alpha value is -1.52. The summed E-state index contributed by atoms with van der Waals surface area (Å²) in [7, 11) is 1.80. The molecule has 5 heteroatoms. The number of nitrogens with zero attached hydrogens (tertiary/aromatic N) is 2. The molecule has 5 nitrogen and oxygen atoms in total. The summed E-state index contributed by atoms with van der Waals surface area (Å²) in [6.07, 6.45) is 2.33. The number of hydrogen-bond donors (Lipinski definition) is 2. The summed E-state index contributed by atoms with van der Waals surface area (Å²) < 4.78 is 5.38. The highest BCUT2D eigenvalue weighted by Gasteiger charge is 2.28. The molecule has 1 fully saturated rings. The first kappa shape index (κ1) is 10.0. The Kier molecular flexibility index (Phi) is 2.62. The summed E-state index contributed by atoms with van der Waals surface area (Å²) in [5, 5.41) is 2.96. The van der Waals surface area contributed by atoms with Gasteiger partial charge in [-0.3, -0.25) is 0 Å². The van der Waals surface area contributed by atoms with Crippen LogP contribution in [0.2, 0.25) is 0 Å². The van der Waals surface area contributed by atoms with E-state index in [0.29, 0.717) is 29.9 Å². The van der Waals surface area contributed by atoms with Gasteiger partial charge in [-0.2, -0.15) is 4.98 Å². The summed E-state index contributed by atoms with van der Waals surface area (Å²) in [5.74, 6) is 2.50. The number of nitrogens with two attached hydrogens (primary N) is 1. The summed E-state index contributed by atoms with van der Waals surface area (Å²) in [5.41, 5.74) is 6.35. The monoisotopic (exact) mass is 208 g/mol. The SMILES string of the molecule is CCOc1nc(C2CC2)nc(NC)c1N. The van der Waals surface area contributed by atoms with Crippen LogP contribution in [0.5, 0.6) is 5.88 Å². The molecule has 0 unspecified atom stereocenters. The molecule has 15 heavy (non-hydrogen) atoms. The molecule has 1 aliphatic rings. The number of ether oxygens (including phenoxy) is 1. The van der Waals surface area contributed by atoms with Crippen molar-refractivity contribution in [2.45, 2.75) is 25.7 Å². The van der Waals surface area contributed by atoms with E-state index in [4.69, 9.17) is 10.5 Å². The van der Waals surface area contributed by atoms with E-state index in [1.54, 1.807) is 7.05 Å². The second-order valence-corrected chi connectivity index (χ2v) is 3.61. The molecule has 1 aromatic heterocycles. The van der Waals surface area contributed by atoms with Crippen molar-refractivity contribution in [1.29, 1.82) is 0 Å². The van der Waals surface area contributed by atoms with Gasteiger partial charge in [0.05, 0.1) is 6.61 Å². The van der Waals surface area contributed by atoms with Crippen LogP contribution < -0.4 is 15.8 Å². The zero-order valence-electron chi connectivity index (χ0n) is 9.08. The largest absolute Gasteiger partial charge is 0.476 e. The third-order valence-electron chi connectivity index (χ3n) is 2.39. The van der Waals surface area contributed by atoms with Gasteiger partial charge < -0.3 is 15.8 Å². The van der Waals surface area contributed by atoms with E-state index in [0.717, 1.165) is 5.82 Å². The van der Waals surface area contributed by atoms with E-state index in [1.807, 2.05) is 6.92 Å². The number of nitrogen functional groups attached to an aromatic ring is 1. The molecule has 0 aromatic carbocycles. The lowest BCUT2D eigenvalue weighted by atomic mass is 10.3. The summed E-state index contributed by atoms with van der Waals surface area (Å²) in [4.78, 5) is 8.70. The lowest BCUT2D eigenvalue weighted by molar-refractivity contribution is 0.327. The molecule has 82 valence electrons. The zero-order valence-corrected chi connectivity index (χ0v) is 9.08. The molecule has 0 aliphatic heterocycles. The van der Waals surface area contributed by atoms with Gasteiger partial charge >= 0.3 is 0 Å². The lowest BCUT2D eigenvalue weighted by Crippen LogP contribution is -2.08. The fourth-order valence-corrected chi connectivity index (χ4v) is 1.43. The minimum atomic E-state index is 0.490. The van der Waals surface area contributed by atoms with Gasteiger partial charge in [0.15, 0.2) is 5.82 Å². The minimum Gasteiger partial charge on any atom is -0.476 e. The normalized spacial score (nSPS) is 15.1. The zero-order chi connectivity index (χ0) is 10.8. The topological polar surface area (TPSA) is 73.1 Å². The molecule has 1 aromatic rings. The third-order valence-corrected chi connectivity index (χ3v) is 2.39. The summed E-state index contributed by atoms with van der Waals surface area (Å²) >= 11 is 0. The standard InChI is InChI=1S/C10H16N4O/c1-3-15-10-7(11)9(12-2)13-8(14-10)6-4-5-6/h6H,3-5,11H2,1-2H3,(H,12,13,14). The molecular formula is C10H16N4O. The Labute approximate surface area is 89.1 Å². The number of aromatic nitrogens is 2. The van der Waals surface area contributed by atoms with E-state index in [1.165, 1.54) is 12.8 Å². The Morgan fingerprint density at radius 1 is 1.47 bits per heavy atom. The summed E-state index contributed by atoms with van der Waals surface area (Å²) in [6, 6.07) is 0. The van der Waals surface area contributed by atoms with Gasteiger partial charge in [-0.05, 0) is 19.8 Å². The predicted octanol–water partition coefficient (Wildman–Crippen LogP) is 1.38. The van der Waals surface area contributed by atoms with Crippen LogP contribution in [0, 0.1) is 0 Å². The number of nitrogens with one attached hydrogen (secondary N) is 1. The fraction of sp³-hybridized carbons (Fsp3) is 0.600. The highest BCUT2D eigenvalue weighted by molar-refractivity contribution is 5.66. The second kappa shape index (κ2) is 3.92. The Morgan fingerprint density at radius 2 is 2.20 bits per heavy atom. The molecule has 2 rings (SSSR count). The first-order valence-electron chi connectivity index (χ1n) is 5.24. The Morgan fingerprint density at radius 3 is 2.73 bits per heavy atom. The second-order valence-electron chi connectivity index (χ2n) is 3.61. The number of anilines is 2. The van der Waals surface area contributed by atoms with Crippen molar-refractivity contribution < 1.29 is 4.74 Å². The van der Waals surface area contributed by atoms with E-state index in [2.05, 4.69) is 15.3 Å². The van der Waals surface area contributed by atoms with Gasteiger partial charge in [-0.25, -0.2) is 4.98 Å². The highest BCUT2D eigenvalue weighted by Crippen LogP contribution is 2.40. The van der Waals surface area contributed by atoms with Crippen molar-refractivity contribution in [2.24, 2.45) is 0 Å². The maximum atomic E-state index is 5.86. The van der Waals surface area contributed by atoms with Crippen molar-refractivity contribution in [1.82, 2.24) is 9.97 Å². The van der Waals surface area contributed by atoms with Crippen molar-refractivity contribution in [3.63, 3.8) is 0 Å². The molecule has 1 heterocycles. The number of rotatable bonds is 4. The average Bonchev–Trinajstić information content (AvgIpc) is 3.05. The van der Waals surface area contributed by atoms with Crippen LogP contribution in [0.3, 0.4) is 0 Å². The molecule has 0 spiro atoms. The minimum absolute atomic E-state index is 0.490. The van der Waals surface area contributed by atoms with Gasteiger partial charge in [0, 0.05) is 13.0 Å². The quantitative estimate of drug-likeness (QED) is 0.782. The molecule has 0 saturated heterocycles. The van der Waals surface area contributed by atoms with Crippen molar-refractivity contribution in [3.05, 3.63) is 5.82 Å². The predicted molar refractivity (Wildman–Crippen MR) is 59.1 cm³/mol. The number of hydrogen-bond acceptors (Lipinski definition) is 5. The Balaban J connectivity index is 2.37. The van der Waals surface area contributed by atoms with E-state index in [-0.39, 0.29) is 0 Å². The van der Waals surface area contributed by atoms with Gasteiger partial charge in [0.25, 0.3) is 0 Å². The molecule has 0 amide bonds. The smallest absolute Gasteiger partial charge is 0.242 e. The highest BCUT2D eigenvalue weighted by atomic mass is 16.5. The molecule has 3 N–H and O–H groups in total. The molecule has 0 radical (unpaired) electrons. The maximum Gasteiger partial charge on any atom is 0.242 e. The first-order chi connectivity index (χ1) is 7.26. The van der Waals surface area contributed by atoms with Crippen LogP contribution in [0.25, 0.3) is 0 Å². The van der Waals surface area contributed by atoms with Crippen LogP contribution in [0.15, 0.2) is 0 Å². The van der Waals surface area contributed by atoms with Crippen LogP contribution in [0.4, 0.5) is 11.5 Å². The van der Waals surface area contributed by atoms with Crippen LogP contribution in [-0.4, -0.2) is 23.6 Å². The average molecular weight is 208 g/mol. The molecule has 1 aliphatic carbocycles. The van der Waals surface area contributed by atoms with Gasteiger partial charge in [-0.1, -0.05) is 0 Å². The van der Waals surface area contributed by atoms with Crippen LogP contribution in [0.1, 0.15) is 31.5 Å².